The number of nitrogens with two attached hydrogens (primary N) is 1. The van der Waals surface area contributed by atoms with Crippen LogP contribution >= 0.6 is 0 Å². The van der Waals surface area contributed by atoms with Gasteiger partial charge in [-0.25, -0.2) is 0 Å². The van der Waals surface area contributed by atoms with Crippen LogP contribution in [0.3, 0.4) is 0 Å². The van der Waals surface area contributed by atoms with Gasteiger partial charge in [-0.05, 0) is 29.8 Å². The molecule has 118 valence electrons. The predicted molar refractivity (Wildman–Crippen MR) is 85.6 cm³/mol. The zero-order chi connectivity index (χ0) is 16.7. The van der Waals surface area contributed by atoms with Crippen molar-refractivity contribution in [3.63, 3.8) is 0 Å². The second kappa shape index (κ2) is 7.74. The maximum Gasteiger partial charge on any atom is 0.251 e. The molecule has 0 aliphatic carbocycles. The van der Waals surface area contributed by atoms with Gasteiger partial charge < -0.3 is 16.4 Å². The molecule has 0 fully saturated rings. The minimum atomic E-state index is -0.496. The normalized spacial score (nSPS) is 9.91. The van der Waals surface area contributed by atoms with E-state index >= 15 is 0 Å². The van der Waals surface area contributed by atoms with E-state index < -0.39 is 5.91 Å². The number of primary amides is 1. The fraction of sp³-hybridized carbons (Fsp3) is 0.118. The summed E-state index contributed by atoms with van der Waals surface area (Å²) in [6.45, 7) is 0.201. The van der Waals surface area contributed by atoms with Crippen LogP contribution in [0.15, 0.2) is 54.6 Å². The Labute approximate surface area is 133 Å². The molecule has 0 aliphatic heterocycles. The summed E-state index contributed by atoms with van der Waals surface area (Å²) >= 11 is 0. The van der Waals surface area contributed by atoms with Gasteiger partial charge in [-0.15, -0.1) is 0 Å². The third-order valence-electron chi connectivity index (χ3n) is 3.17. The molecule has 0 bridgehead atoms. The van der Waals surface area contributed by atoms with Gasteiger partial charge in [-0.1, -0.05) is 30.3 Å². The number of carbonyl (C=O) groups is 3. The SMILES string of the molecule is NC(=O)c1ccc(CNC(=O)CNC(=O)c2ccccc2)cc1. The lowest BCUT2D eigenvalue weighted by Crippen LogP contribution is -2.36. The number of hydrogen-bond donors (Lipinski definition) is 3. The van der Waals surface area contributed by atoms with Crippen LogP contribution in [0.4, 0.5) is 0 Å². The highest BCUT2D eigenvalue weighted by molar-refractivity contribution is 5.96. The maximum atomic E-state index is 11.8. The van der Waals surface area contributed by atoms with Gasteiger partial charge in [0.15, 0.2) is 0 Å². The molecular formula is C17H17N3O3. The van der Waals surface area contributed by atoms with E-state index in [0.29, 0.717) is 17.7 Å². The molecule has 4 N–H and O–H groups in total. The van der Waals surface area contributed by atoms with E-state index in [-0.39, 0.29) is 18.4 Å². The Balaban J connectivity index is 1.77. The summed E-state index contributed by atoms with van der Waals surface area (Å²) in [6.07, 6.45) is 0. The highest BCUT2D eigenvalue weighted by atomic mass is 16.2. The van der Waals surface area contributed by atoms with Crippen LogP contribution in [0, 0.1) is 0 Å². The average Bonchev–Trinajstić information content (AvgIpc) is 2.59. The molecule has 2 rings (SSSR count). The van der Waals surface area contributed by atoms with E-state index in [1.54, 1.807) is 48.5 Å². The quantitative estimate of drug-likeness (QED) is 0.736. The first kappa shape index (κ1) is 16.2. The minimum Gasteiger partial charge on any atom is -0.366 e. The van der Waals surface area contributed by atoms with Crippen molar-refractivity contribution < 1.29 is 14.4 Å². The number of amides is 3. The van der Waals surface area contributed by atoms with Gasteiger partial charge in [-0.3, -0.25) is 14.4 Å². The Kier molecular flexibility index (Phi) is 5.46. The lowest BCUT2D eigenvalue weighted by Gasteiger charge is -2.07. The first-order valence-electron chi connectivity index (χ1n) is 7.05. The summed E-state index contributed by atoms with van der Waals surface area (Å²) in [6, 6.07) is 15.3. The van der Waals surface area contributed by atoms with Crippen molar-refractivity contribution in [1.82, 2.24) is 10.6 Å². The minimum absolute atomic E-state index is 0.104. The molecule has 6 heteroatoms. The number of hydrogen-bond acceptors (Lipinski definition) is 3. The van der Waals surface area contributed by atoms with E-state index in [9.17, 15) is 14.4 Å². The molecule has 0 aliphatic rings. The second-order valence-corrected chi connectivity index (χ2v) is 4.89. The summed E-state index contributed by atoms with van der Waals surface area (Å²) in [5.41, 5.74) is 6.90. The fourth-order valence-corrected chi connectivity index (χ4v) is 1.90. The van der Waals surface area contributed by atoms with Crippen LogP contribution in [0.5, 0.6) is 0 Å². The first-order chi connectivity index (χ1) is 11.1. The topological polar surface area (TPSA) is 101 Å². The van der Waals surface area contributed by atoms with E-state index in [4.69, 9.17) is 5.73 Å². The Morgan fingerprint density at radius 3 is 2.09 bits per heavy atom. The molecule has 0 saturated carbocycles. The van der Waals surface area contributed by atoms with Gasteiger partial charge in [0, 0.05) is 17.7 Å². The number of benzene rings is 2. The van der Waals surface area contributed by atoms with Crippen LogP contribution in [0.1, 0.15) is 26.3 Å². The Morgan fingerprint density at radius 2 is 1.48 bits per heavy atom. The number of rotatable bonds is 6. The van der Waals surface area contributed by atoms with Crippen LogP contribution in [0.25, 0.3) is 0 Å². The van der Waals surface area contributed by atoms with E-state index in [1.807, 2.05) is 6.07 Å². The van der Waals surface area contributed by atoms with Gasteiger partial charge in [0.05, 0.1) is 6.54 Å². The van der Waals surface area contributed by atoms with E-state index in [2.05, 4.69) is 10.6 Å². The molecule has 0 saturated heterocycles. The molecule has 2 aromatic carbocycles. The van der Waals surface area contributed by atoms with Crippen molar-refractivity contribution >= 4 is 17.7 Å². The molecule has 0 radical (unpaired) electrons. The number of carbonyl (C=O) groups excluding carboxylic acids is 3. The van der Waals surface area contributed by atoms with E-state index in [1.165, 1.54) is 0 Å². The Hall–Kier alpha value is -3.15. The van der Waals surface area contributed by atoms with Crippen molar-refractivity contribution in [2.24, 2.45) is 5.73 Å². The molecule has 6 nitrogen and oxygen atoms in total. The molecule has 0 heterocycles. The lowest BCUT2D eigenvalue weighted by molar-refractivity contribution is -0.120. The van der Waals surface area contributed by atoms with Crippen molar-refractivity contribution in [2.45, 2.75) is 6.54 Å². The van der Waals surface area contributed by atoms with Crippen molar-refractivity contribution in [2.75, 3.05) is 6.54 Å². The highest BCUT2D eigenvalue weighted by Crippen LogP contribution is 2.03. The van der Waals surface area contributed by atoms with Crippen LogP contribution < -0.4 is 16.4 Å². The molecule has 2 aromatic rings. The predicted octanol–water partition coefficient (Wildman–Crippen LogP) is 0.832. The van der Waals surface area contributed by atoms with Gasteiger partial charge in [0.25, 0.3) is 5.91 Å². The summed E-state index contributed by atoms with van der Waals surface area (Å²) in [4.78, 5) is 34.5. The lowest BCUT2D eigenvalue weighted by atomic mass is 10.1. The van der Waals surface area contributed by atoms with Gasteiger partial charge >= 0.3 is 0 Å². The van der Waals surface area contributed by atoms with E-state index in [0.717, 1.165) is 5.56 Å². The van der Waals surface area contributed by atoms with Gasteiger partial charge in [0.2, 0.25) is 11.8 Å². The highest BCUT2D eigenvalue weighted by Gasteiger charge is 2.07. The standard InChI is InChI=1S/C17H17N3O3/c18-16(22)13-8-6-12(7-9-13)10-19-15(21)11-20-17(23)14-4-2-1-3-5-14/h1-9H,10-11H2,(H2,18,22)(H,19,21)(H,20,23). The second-order valence-electron chi connectivity index (χ2n) is 4.89. The monoisotopic (exact) mass is 311 g/mol. The fourth-order valence-electron chi connectivity index (χ4n) is 1.90. The molecule has 0 spiro atoms. The summed E-state index contributed by atoms with van der Waals surface area (Å²) in [5, 5.41) is 5.23. The van der Waals surface area contributed by atoms with Crippen LogP contribution in [0.2, 0.25) is 0 Å². The largest absolute Gasteiger partial charge is 0.366 e. The molecule has 0 atom stereocenters. The van der Waals surface area contributed by atoms with Crippen LogP contribution in [-0.2, 0) is 11.3 Å². The number of nitrogens with one attached hydrogen (secondary N) is 2. The summed E-state index contributed by atoms with van der Waals surface area (Å²) < 4.78 is 0. The smallest absolute Gasteiger partial charge is 0.251 e. The molecule has 23 heavy (non-hydrogen) atoms. The summed E-state index contributed by atoms with van der Waals surface area (Å²) in [5.74, 6) is -1.09. The zero-order valence-corrected chi connectivity index (χ0v) is 12.4. The molecule has 0 aromatic heterocycles. The maximum absolute atomic E-state index is 11.8. The third kappa shape index (κ3) is 4.96. The molecule has 3 amide bonds. The van der Waals surface area contributed by atoms with Crippen LogP contribution in [-0.4, -0.2) is 24.3 Å². The van der Waals surface area contributed by atoms with Crippen molar-refractivity contribution in [3.8, 4) is 0 Å². The molecule has 0 unspecified atom stereocenters. The molecular weight excluding hydrogens is 294 g/mol. The van der Waals surface area contributed by atoms with Crippen molar-refractivity contribution in [3.05, 3.63) is 71.3 Å². The Bertz CT molecular complexity index is 697. The zero-order valence-electron chi connectivity index (χ0n) is 12.4. The third-order valence-corrected chi connectivity index (χ3v) is 3.17. The average molecular weight is 311 g/mol. The van der Waals surface area contributed by atoms with Gasteiger partial charge in [0.1, 0.15) is 0 Å². The Morgan fingerprint density at radius 1 is 0.826 bits per heavy atom. The first-order valence-corrected chi connectivity index (χ1v) is 7.05. The van der Waals surface area contributed by atoms with Crippen molar-refractivity contribution in [1.29, 1.82) is 0 Å². The summed E-state index contributed by atoms with van der Waals surface area (Å²) in [7, 11) is 0. The van der Waals surface area contributed by atoms with Gasteiger partial charge in [-0.2, -0.15) is 0 Å².